The Kier molecular flexibility index (Phi) is 8.66. The van der Waals surface area contributed by atoms with Gasteiger partial charge in [0, 0.05) is 18.4 Å². The summed E-state index contributed by atoms with van der Waals surface area (Å²) in [5.74, 6) is -2.84. The standard InChI is InChI=1S/C22H20BrF2N3O6/c1-3-32-22(21(30)33-11-10-17(29)31-2)34-20-18(23)19(13-8-9-16(25)26-12-13)28(27-20)15-7-5-4-6-14(15)24/h4-9,12,22H,3,10-11H2,1-2H3/t22-/m1/s1. The summed E-state index contributed by atoms with van der Waals surface area (Å²) in [7, 11) is 1.22. The fourth-order valence-corrected chi connectivity index (χ4v) is 3.39. The zero-order valence-electron chi connectivity index (χ0n) is 18.2. The number of aromatic nitrogens is 3. The molecule has 0 saturated heterocycles. The Morgan fingerprint density at radius 2 is 1.94 bits per heavy atom. The molecule has 180 valence electrons. The van der Waals surface area contributed by atoms with E-state index in [1.807, 2.05) is 0 Å². The largest absolute Gasteiger partial charge is 0.469 e. The molecule has 1 atom stereocenters. The summed E-state index contributed by atoms with van der Waals surface area (Å²) < 4.78 is 49.9. The highest BCUT2D eigenvalue weighted by molar-refractivity contribution is 9.10. The van der Waals surface area contributed by atoms with Gasteiger partial charge >= 0.3 is 18.2 Å². The summed E-state index contributed by atoms with van der Waals surface area (Å²) in [6.45, 7) is 1.49. The van der Waals surface area contributed by atoms with E-state index in [1.165, 1.54) is 42.3 Å². The molecule has 0 fully saturated rings. The molecule has 3 rings (SSSR count). The molecule has 0 radical (unpaired) electrons. The Morgan fingerprint density at radius 1 is 1.18 bits per heavy atom. The Balaban J connectivity index is 1.96. The number of carbonyl (C=O) groups is 2. The zero-order valence-corrected chi connectivity index (χ0v) is 19.8. The van der Waals surface area contributed by atoms with Crippen molar-refractivity contribution in [3.05, 3.63) is 58.8 Å². The molecule has 0 aliphatic carbocycles. The third-order valence-electron chi connectivity index (χ3n) is 4.39. The van der Waals surface area contributed by atoms with Crippen molar-refractivity contribution in [3.63, 3.8) is 0 Å². The number of halogens is 3. The molecule has 0 N–H and O–H groups in total. The van der Waals surface area contributed by atoms with Gasteiger partial charge in [-0.05, 0) is 47.1 Å². The third-order valence-corrected chi connectivity index (χ3v) is 5.10. The summed E-state index contributed by atoms with van der Waals surface area (Å²) in [5.41, 5.74) is 0.764. The number of hydrogen-bond acceptors (Lipinski definition) is 8. The van der Waals surface area contributed by atoms with Gasteiger partial charge in [0.15, 0.2) is 0 Å². The number of pyridine rings is 1. The third kappa shape index (κ3) is 5.94. The van der Waals surface area contributed by atoms with E-state index in [-0.39, 0.29) is 35.7 Å². The Bertz CT molecular complexity index is 1160. The number of nitrogens with zero attached hydrogens (tertiary/aromatic N) is 3. The molecule has 0 saturated carbocycles. The Labute approximate surface area is 201 Å². The summed E-state index contributed by atoms with van der Waals surface area (Å²) in [6, 6.07) is 8.45. The van der Waals surface area contributed by atoms with Gasteiger partial charge in [-0.2, -0.15) is 4.39 Å². The molecule has 0 aliphatic rings. The quantitative estimate of drug-likeness (QED) is 0.217. The van der Waals surface area contributed by atoms with Crippen LogP contribution in [0.3, 0.4) is 0 Å². The van der Waals surface area contributed by atoms with Crippen LogP contribution in [0.25, 0.3) is 16.9 Å². The van der Waals surface area contributed by atoms with Crippen LogP contribution in [-0.4, -0.2) is 53.3 Å². The number of methoxy groups -OCH3 is 1. The van der Waals surface area contributed by atoms with Crippen LogP contribution in [0.2, 0.25) is 0 Å². The molecule has 0 unspecified atom stereocenters. The highest BCUT2D eigenvalue weighted by Crippen LogP contribution is 2.38. The maximum Gasteiger partial charge on any atom is 0.376 e. The van der Waals surface area contributed by atoms with Crippen molar-refractivity contribution >= 4 is 27.9 Å². The van der Waals surface area contributed by atoms with Crippen molar-refractivity contribution in [3.8, 4) is 22.8 Å². The van der Waals surface area contributed by atoms with Crippen LogP contribution in [0.1, 0.15) is 13.3 Å². The Hall–Kier alpha value is -3.38. The molecule has 34 heavy (non-hydrogen) atoms. The van der Waals surface area contributed by atoms with Crippen LogP contribution in [0.4, 0.5) is 8.78 Å². The molecule has 0 amide bonds. The second-order valence-electron chi connectivity index (χ2n) is 6.60. The molecule has 2 aromatic heterocycles. The molecule has 0 spiro atoms. The topological polar surface area (TPSA) is 102 Å². The van der Waals surface area contributed by atoms with Crippen LogP contribution in [0.5, 0.6) is 5.88 Å². The minimum atomic E-state index is -1.53. The number of para-hydroxylation sites is 1. The fourth-order valence-electron chi connectivity index (χ4n) is 2.83. The summed E-state index contributed by atoms with van der Waals surface area (Å²) in [4.78, 5) is 27.3. The number of carbonyl (C=O) groups excluding carboxylic acids is 2. The predicted octanol–water partition coefficient (Wildman–Crippen LogP) is 3.82. The first-order valence-corrected chi connectivity index (χ1v) is 10.8. The highest BCUT2D eigenvalue weighted by Gasteiger charge is 2.28. The van der Waals surface area contributed by atoms with E-state index in [0.29, 0.717) is 11.3 Å². The molecular formula is C22H20BrF2N3O6. The summed E-state index contributed by atoms with van der Waals surface area (Å²) in [6.07, 6.45) is -0.421. The van der Waals surface area contributed by atoms with Crippen molar-refractivity contribution < 1.29 is 37.3 Å². The van der Waals surface area contributed by atoms with Gasteiger partial charge in [0.1, 0.15) is 22.6 Å². The Morgan fingerprint density at radius 3 is 2.59 bits per heavy atom. The average molecular weight is 540 g/mol. The van der Waals surface area contributed by atoms with Crippen LogP contribution < -0.4 is 4.74 Å². The monoisotopic (exact) mass is 539 g/mol. The van der Waals surface area contributed by atoms with Crippen LogP contribution in [0.15, 0.2) is 47.1 Å². The van der Waals surface area contributed by atoms with Crippen molar-refractivity contribution in [2.24, 2.45) is 0 Å². The first kappa shape index (κ1) is 25.2. The van der Waals surface area contributed by atoms with E-state index < -0.39 is 30.0 Å². The van der Waals surface area contributed by atoms with Crippen LogP contribution in [0, 0.1) is 11.8 Å². The fraction of sp³-hybridized carbons (Fsp3) is 0.273. The smallest absolute Gasteiger partial charge is 0.376 e. The summed E-state index contributed by atoms with van der Waals surface area (Å²) in [5, 5.41) is 4.29. The van der Waals surface area contributed by atoms with E-state index in [0.717, 1.165) is 6.07 Å². The lowest BCUT2D eigenvalue weighted by molar-refractivity contribution is -0.178. The lowest BCUT2D eigenvalue weighted by Gasteiger charge is -2.16. The predicted molar refractivity (Wildman–Crippen MR) is 118 cm³/mol. The zero-order chi connectivity index (χ0) is 24.7. The molecular weight excluding hydrogens is 520 g/mol. The van der Waals surface area contributed by atoms with Gasteiger partial charge in [-0.1, -0.05) is 12.1 Å². The SMILES string of the molecule is CCO[C@H](Oc1nn(-c2ccccc2F)c(-c2ccc(F)nc2)c1Br)C(=O)OCCC(=O)OC. The maximum absolute atomic E-state index is 14.6. The average Bonchev–Trinajstić information content (AvgIpc) is 3.15. The van der Waals surface area contributed by atoms with Gasteiger partial charge in [-0.15, -0.1) is 5.10 Å². The van der Waals surface area contributed by atoms with E-state index in [2.05, 4.69) is 30.7 Å². The highest BCUT2D eigenvalue weighted by atomic mass is 79.9. The molecule has 1 aromatic carbocycles. The number of esters is 2. The van der Waals surface area contributed by atoms with Crippen molar-refractivity contribution in [1.29, 1.82) is 0 Å². The number of rotatable bonds is 10. The first-order valence-electron chi connectivity index (χ1n) is 10.0. The lowest BCUT2D eigenvalue weighted by atomic mass is 10.2. The normalized spacial score (nSPS) is 11.7. The molecule has 0 aliphatic heterocycles. The van der Waals surface area contributed by atoms with Gasteiger partial charge in [-0.3, -0.25) is 4.79 Å². The van der Waals surface area contributed by atoms with Crippen molar-refractivity contribution in [1.82, 2.24) is 14.8 Å². The molecule has 2 heterocycles. The molecule has 9 nitrogen and oxygen atoms in total. The van der Waals surface area contributed by atoms with Crippen molar-refractivity contribution in [2.45, 2.75) is 19.6 Å². The summed E-state index contributed by atoms with van der Waals surface area (Å²) >= 11 is 3.37. The van der Waals surface area contributed by atoms with Crippen LogP contribution in [-0.2, 0) is 23.8 Å². The minimum absolute atomic E-state index is 0.0750. The molecule has 12 heteroatoms. The van der Waals surface area contributed by atoms with Gasteiger partial charge < -0.3 is 18.9 Å². The van der Waals surface area contributed by atoms with Gasteiger partial charge in [0.25, 0.3) is 5.88 Å². The van der Waals surface area contributed by atoms with Gasteiger partial charge in [-0.25, -0.2) is 18.9 Å². The first-order chi connectivity index (χ1) is 16.3. The second kappa shape index (κ2) is 11.7. The molecule has 0 bridgehead atoms. The van der Waals surface area contributed by atoms with E-state index in [1.54, 1.807) is 13.0 Å². The van der Waals surface area contributed by atoms with E-state index in [9.17, 15) is 18.4 Å². The second-order valence-corrected chi connectivity index (χ2v) is 7.39. The van der Waals surface area contributed by atoms with E-state index >= 15 is 0 Å². The number of ether oxygens (including phenoxy) is 4. The van der Waals surface area contributed by atoms with E-state index in [4.69, 9.17) is 14.2 Å². The maximum atomic E-state index is 14.6. The van der Waals surface area contributed by atoms with Gasteiger partial charge in [0.05, 0.1) is 19.2 Å². The molecule has 3 aromatic rings. The number of benzene rings is 1. The number of hydrogen-bond donors (Lipinski definition) is 0. The minimum Gasteiger partial charge on any atom is -0.469 e. The lowest BCUT2D eigenvalue weighted by Crippen LogP contribution is -2.33. The van der Waals surface area contributed by atoms with Crippen molar-refractivity contribution in [2.75, 3.05) is 20.3 Å². The van der Waals surface area contributed by atoms with Crippen LogP contribution >= 0.6 is 15.9 Å². The van der Waals surface area contributed by atoms with Gasteiger partial charge in [0.2, 0.25) is 5.95 Å².